The molecule has 224 valence electrons. The van der Waals surface area contributed by atoms with Gasteiger partial charge in [-0.2, -0.15) is 0 Å². The van der Waals surface area contributed by atoms with E-state index in [4.69, 9.17) is 4.74 Å². The highest BCUT2D eigenvalue weighted by atomic mass is 16.5. The summed E-state index contributed by atoms with van der Waals surface area (Å²) in [7, 11) is 0. The number of amides is 4. The van der Waals surface area contributed by atoms with E-state index >= 15 is 0 Å². The fourth-order valence-corrected chi connectivity index (χ4v) is 8.33. The second kappa shape index (κ2) is 10.00. The number of carbonyl (C=O) groups is 5. The van der Waals surface area contributed by atoms with Crippen LogP contribution in [0.4, 0.5) is 11.4 Å². The average molecular weight is 583 g/mol. The van der Waals surface area contributed by atoms with Crippen LogP contribution in [0, 0.1) is 35.0 Å². The van der Waals surface area contributed by atoms with Crippen LogP contribution in [0.5, 0.6) is 0 Å². The molecule has 0 radical (unpaired) electrons. The third kappa shape index (κ3) is 3.84. The fraction of sp³-hybridized carbons (Fsp3) is 0.457. The Labute approximate surface area is 252 Å². The zero-order chi connectivity index (χ0) is 31.1. The van der Waals surface area contributed by atoms with E-state index in [-0.39, 0.29) is 24.0 Å². The molecule has 43 heavy (non-hydrogen) atoms. The molecular weight excluding hydrogens is 544 g/mol. The lowest BCUT2D eigenvalue weighted by molar-refractivity contribution is -0.155. The van der Waals surface area contributed by atoms with Gasteiger partial charge in [0.15, 0.2) is 0 Å². The van der Waals surface area contributed by atoms with E-state index in [1.165, 1.54) is 9.80 Å². The standard InChI is InChI=1S/C35H38N2O6/c1-8-43-34(42)27-19(6)24-25-28(32(40)36(30(25)38)22-13-9-20(10-14-22)17(2)3)35(27,7)29-26(24)31(39)37(33(29)41)23-15-11-21(12-16-23)18(4)5/h9-18,24-26,28-29H,8H2,1-7H3/t24?,25-,26+,28+,29-,35?. The maximum absolute atomic E-state index is 14.3. The van der Waals surface area contributed by atoms with Crippen molar-refractivity contribution >= 4 is 41.0 Å². The molecule has 2 heterocycles. The molecule has 2 aliphatic heterocycles. The number of esters is 1. The number of allylic oxidation sites excluding steroid dienone is 1. The topological polar surface area (TPSA) is 101 Å². The molecule has 3 aliphatic carbocycles. The van der Waals surface area contributed by atoms with Gasteiger partial charge >= 0.3 is 5.97 Å². The molecule has 2 unspecified atom stereocenters. The van der Waals surface area contributed by atoms with Crippen LogP contribution in [0.25, 0.3) is 0 Å². The molecule has 2 bridgehead atoms. The number of hydrogen-bond acceptors (Lipinski definition) is 6. The molecule has 5 aliphatic rings. The van der Waals surface area contributed by atoms with Crippen molar-refractivity contribution in [2.75, 3.05) is 16.4 Å². The number of hydrogen-bond donors (Lipinski definition) is 0. The summed E-state index contributed by atoms with van der Waals surface area (Å²) in [6.07, 6.45) is 0. The van der Waals surface area contributed by atoms with Crippen LogP contribution in [0.1, 0.15) is 71.4 Å². The number of rotatable bonds is 6. The summed E-state index contributed by atoms with van der Waals surface area (Å²) in [5, 5.41) is 0. The number of carbonyl (C=O) groups excluding carboxylic acids is 5. The molecule has 4 amide bonds. The van der Waals surface area contributed by atoms with Gasteiger partial charge in [-0.1, -0.05) is 64.5 Å². The Kier molecular flexibility index (Phi) is 6.75. The maximum Gasteiger partial charge on any atom is 0.334 e. The summed E-state index contributed by atoms with van der Waals surface area (Å²) >= 11 is 0. The first-order chi connectivity index (χ1) is 20.4. The Morgan fingerprint density at radius 2 is 1.12 bits per heavy atom. The molecule has 0 aromatic heterocycles. The molecule has 6 atom stereocenters. The molecule has 7 rings (SSSR count). The zero-order valence-corrected chi connectivity index (χ0v) is 25.7. The van der Waals surface area contributed by atoms with Crippen molar-refractivity contribution in [2.24, 2.45) is 35.0 Å². The van der Waals surface area contributed by atoms with Gasteiger partial charge in [-0.25, -0.2) is 4.79 Å². The summed E-state index contributed by atoms with van der Waals surface area (Å²) < 4.78 is 5.47. The molecule has 0 N–H and O–H groups in total. The second-order valence-corrected chi connectivity index (χ2v) is 13.1. The quantitative estimate of drug-likeness (QED) is 0.335. The van der Waals surface area contributed by atoms with Crippen molar-refractivity contribution in [1.82, 2.24) is 0 Å². The van der Waals surface area contributed by atoms with Gasteiger partial charge in [-0.15, -0.1) is 0 Å². The number of benzene rings is 2. The highest BCUT2D eigenvalue weighted by Crippen LogP contribution is 2.68. The van der Waals surface area contributed by atoms with Crippen LogP contribution in [0.3, 0.4) is 0 Å². The predicted octanol–water partition coefficient (Wildman–Crippen LogP) is 5.37. The van der Waals surface area contributed by atoms with E-state index in [1.807, 2.05) is 24.3 Å². The molecule has 1 saturated carbocycles. The Balaban J connectivity index is 1.49. The minimum absolute atomic E-state index is 0.112. The van der Waals surface area contributed by atoms with Crippen LogP contribution >= 0.6 is 0 Å². The average Bonchev–Trinajstić information content (AvgIpc) is 3.39. The SMILES string of the molecule is CCOC(=O)C1=C(C)C2[C@H]3C(=O)N(c4ccc(C(C)C)cc4)C(=O)[C@H]3C1(C)[C@H]1C(=O)N(c3ccc(C(C)C)cc3)C(=O)[C@@H]21. The normalized spacial score (nSPS) is 29.7. The maximum atomic E-state index is 14.3. The molecular formula is C35H38N2O6. The number of anilines is 2. The zero-order valence-electron chi connectivity index (χ0n) is 25.7. The first-order valence-electron chi connectivity index (χ1n) is 15.2. The summed E-state index contributed by atoms with van der Waals surface area (Å²) in [4.78, 5) is 73.1. The van der Waals surface area contributed by atoms with Gasteiger partial charge in [0, 0.05) is 16.9 Å². The summed E-state index contributed by atoms with van der Waals surface area (Å²) in [6.45, 7) is 13.5. The lowest BCUT2D eigenvalue weighted by atomic mass is 9.43. The minimum atomic E-state index is -1.42. The molecule has 3 fully saturated rings. The molecule has 0 spiro atoms. The lowest BCUT2D eigenvalue weighted by Gasteiger charge is -2.55. The van der Waals surface area contributed by atoms with E-state index < -0.39 is 64.6 Å². The number of imide groups is 2. The third-order valence-corrected chi connectivity index (χ3v) is 10.3. The van der Waals surface area contributed by atoms with Crippen LogP contribution in [0.15, 0.2) is 59.7 Å². The van der Waals surface area contributed by atoms with Crippen molar-refractivity contribution in [1.29, 1.82) is 0 Å². The van der Waals surface area contributed by atoms with Crippen molar-refractivity contribution in [2.45, 2.75) is 60.3 Å². The van der Waals surface area contributed by atoms with E-state index in [2.05, 4.69) is 27.7 Å². The number of nitrogens with zero attached hydrogens (tertiary/aromatic N) is 2. The van der Waals surface area contributed by atoms with Gasteiger partial charge < -0.3 is 4.74 Å². The highest BCUT2D eigenvalue weighted by Gasteiger charge is 2.77. The smallest absolute Gasteiger partial charge is 0.334 e. The molecule has 2 aromatic carbocycles. The first kappa shape index (κ1) is 29.0. The van der Waals surface area contributed by atoms with Gasteiger partial charge in [-0.05, 0) is 61.1 Å². The van der Waals surface area contributed by atoms with Crippen molar-refractivity contribution < 1.29 is 28.7 Å². The lowest BCUT2D eigenvalue weighted by Crippen LogP contribution is -2.61. The second-order valence-electron chi connectivity index (χ2n) is 13.1. The molecule has 2 aromatic rings. The van der Waals surface area contributed by atoms with Crippen LogP contribution < -0.4 is 9.80 Å². The van der Waals surface area contributed by atoms with Gasteiger partial charge in [-0.3, -0.25) is 29.0 Å². The summed E-state index contributed by atoms with van der Waals surface area (Å²) in [5.74, 6) is -6.27. The Morgan fingerprint density at radius 1 is 0.721 bits per heavy atom. The number of ether oxygens (including phenoxy) is 1. The van der Waals surface area contributed by atoms with Crippen LogP contribution in [0.2, 0.25) is 0 Å². The van der Waals surface area contributed by atoms with E-state index in [9.17, 15) is 24.0 Å². The third-order valence-electron chi connectivity index (χ3n) is 10.3. The summed E-state index contributed by atoms with van der Waals surface area (Å²) in [6, 6.07) is 14.6. The first-order valence-corrected chi connectivity index (χ1v) is 15.2. The van der Waals surface area contributed by atoms with E-state index in [0.717, 1.165) is 11.1 Å². The van der Waals surface area contributed by atoms with Crippen molar-refractivity contribution in [3.8, 4) is 0 Å². The Morgan fingerprint density at radius 3 is 1.47 bits per heavy atom. The van der Waals surface area contributed by atoms with E-state index in [1.54, 1.807) is 45.0 Å². The van der Waals surface area contributed by atoms with Crippen molar-refractivity contribution in [3.63, 3.8) is 0 Å². The molecule has 8 heteroatoms. The van der Waals surface area contributed by atoms with Gasteiger partial charge in [0.05, 0.1) is 41.7 Å². The van der Waals surface area contributed by atoms with Gasteiger partial charge in [0.2, 0.25) is 23.6 Å². The Bertz CT molecular complexity index is 1490. The Hall–Kier alpha value is -4.07. The predicted molar refractivity (Wildman–Crippen MR) is 161 cm³/mol. The molecule has 8 nitrogen and oxygen atoms in total. The van der Waals surface area contributed by atoms with Crippen LogP contribution in [-0.4, -0.2) is 36.2 Å². The highest BCUT2D eigenvalue weighted by molar-refractivity contribution is 6.27. The van der Waals surface area contributed by atoms with E-state index in [0.29, 0.717) is 16.9 Å². The monoisotopic (exact) mass is 582 g/mol. The fourth-order valence-electron chi connectivity index (χ4n) is 8.33. The molecule has 2 saturated heterocycles. The van der Waals surface area contributed by atoms with Crippen molar-refractivity contribution in [3.05, 3.63) is 70.8 Å². The summed E-state index contributed by atoms with van der Waals surface area (Å²) in [5.41, 5.74) is 2.42. The van der Waals surface area contributed by atoms with Gasteiger partial charge in [0.1, 0.15) is 0 Å². The van der Waals surface area contributed by atoms with Gasteiger partial charge in [0.25, 0.3) is 0 Å². The largest absolute Gasteiger partial charge is 0.463 e. The minimum Gasteiger partial charge on any atom is -0.463 e. The van der Waals surface area contributed by atoms with Crippen LogP contribution in [-0.2, 0) is 28.7 Å².